The zero-order valence-corrected chi connectivity index (χ0v) is 8.19. The number of esters is 1. The van der Waals surface area contributed by atoms with E-state index in [2.05, 4.69) is 0 Å². The number of rotatable bonds is 2. The molecule has 0 aliphatic carbocycles. The first-order valence-electron chi connectivity index (χ1n) is 4.46. The largest absolute Gasteiger partial charge is 0.508 e. The topological polar surface area (TPSA) is 55.8 Å². The molecule has 0 fully saturated rings. The number of benzene rings is 1. The molecule has 1 N–H and O–H groups in total. The first-order chi connectivity index (χ1) is 7.22. The number of carbonyl (C=O) groups is 1. The van der Waals surface area contributed by atoms with Crippen LogP contribution in [-0.4, -0.2) is 24.8 Å². The summed E-state index contributed by atoms with van der Waals surface area (Å²) in [4.78, 5) is 11.3. The van der Waals surface area contributed by atoms with Gasteiger partial charge in [0.1, 0.15) is 23.7 Å². The van der Waals surface area contributed by atoms with Crippen LogP contribution in [-0.2, 0) is 9.53 Å². The lowest BCUT2D eigenvalue weighted by Gasteiger charge is -2.03. The van der Waals surface area contributed by atoms with Crippen molar-refractivity contribution >= 4 is 11.5 Å². The number of methoxy groups -OCH3 is 1. The fraction of sp³-hybridized carbons (Fsp3) is 0.182. The molecule has 2 rings (SSSR count). The van der Waals surface area contributed by atoms with Gasteiger partial charge in [-0.1, -0.05) is 12.1 Å². The van der Waals surface area contributed by atoms with Crippen LogP contribution in [0.15, 0.2) is 30.0 Å². The lowest BCUT2D eigenvalue weighted by molar-refractivity contribution is -0.134. The van der Waals surface area contributed by atoms with Crippen molar-refractivity contribution in [2.45, 2.75) is 0 Å². The highest BCUT2D eigenvalue weighted by Gasteiger charge is 2.26. The van der Waals surface area contributed by atoms with Crippen LogP contribution in [0.1, 0.15) is 5.56 Å². The van der Waals surface area contributed by atoms with E-state index >= 15 is 0 Å². The summed E-state index contributed by atoms with van der Waals surface area (Å²) in [6.45, 7) is -0.0502. The molecule has 0 amide bonds. The molecule has 1 aromatic rings. The molecule has 1 aliphatic heterocycles. The third-order valence-electron chi connectivity index (χ3n) is 2.19. The van der Waals surface area contributed by atoms with E-state index in [1.165, 1.54) is 0 Å². The van der Waals surface area contributed by atoms with Gasteiger partial charge in [0.25, 0.3) is 0 Å². The molecule has 0 atom stereocenters. The second-order valence-electron chi connectivity index (χ2n) is 3.13. The van der Waals surface area contributed by atoms with E-state index in [1.807, 2.05) is 0 Å². The molecule has 4 nitrogen and oxygen atoms in total. The number of aliphatic hydroxyl groups is 1. The standard InChI is InChI=1S/C11H10O4/c1-14-8-4-2-3-7(5-8)10-9(12)6-15-11(10)13/h2-5,12H,6H2,1H3. The maximum absolute atomic E-state index is 11.3. The van der Waals surface area contributed by atoms with Gasteiger partial charge in [0.15, 0.2) is 0 Å². The summed E-state index contributed by atoms with van der Waals surface area (Å²) in [6.07, 6.45) is 0. The van der Waals surface area contributed by atoms with E-state index < -0.39 is 5.97 Å². The molecule has 0 radical (unpaired) electrons. The van der Waals surface area contributed by atoms with Crippen molar-refractivity contribution in [1.82, 2.24) is 0 Å². The van der Waals surface area contributed by atoms with Gasteiger partial charge in [-0.25, -0.2) is 4.79 Å². The average molecular weight is 206 g/mol. The molecular weight excluding hydrogens is 196 g/mol. The van der Waals surface area contributed by atoms with Crippen molar-refractivity contribution in [2.24, 2.45) is 0 Å². The van der Waals surface area contributed by atoms with Gasteiger partial charge in [0.05, 0.1) is 7.11 Å². The molecule has 0 bridgehead atoms. The van der Waals surface area contributed by atoms with Crippen molar-refractivity contribution in [2.75, 3.05) is 13.7 Å². The highest BCUT2D eigenvalue weighted by Crippen LogP contribution is 2.27. The van der Waals surface area contributed by atoms with Crippen LogP contribution in [0.3, 0.4) is 0 Å². The highest BCUT2D eigenvalue weighted by atomic mass is 16.5. The molecule has 0 unspecified atom stereocenters. The first kappa shape index (κ1) is 9.58. The van der Waals surface area contributed by atoms with Crippen LogP contribution in [0, 0.1) is 0 Å². The normalized spacial score (nSPS) is 15.4. The zero-order chi connectivity index (χ0) is 10.8. The Bertz CT molecular complexity index is 434. The van der Waals surface area contributed by atoms with Crippen molar-refractivity contribution in [3.63, 3.8) is 0 Å². The number of aliphatic hydroxyl groups excluding tert-OH is 1. The Morgan fingerprint density at radius 1 is 1.47 bits per heavy atom. The van der Waals surface area contributed by atoms with Gasteiger partial charge < -0.3 is 14.6 Å². The van der Waals surface area contributed by atoms with Crippen molar-refractivity contribution in [3.8, 4) is 5.75 Å². The Labute approximate surface area is 86.7 Å². The van der Waals surface area contributed by atoms with Gasteiger partial charge >= 0.3 is 5.97 Å². The number of hydrogen-bond donors (Lipinski definition) is 1. The third kappa shape index (κ3) is 1.66. The number of cyclic esters (lactones) is 1. The molecule has 0 saturated carbocycles. The minimum Gasteiger partial charge on any atom is -0.508 e. The molecule has 0 aromatic heterocycles. The Morgan fingerprint density at radius 3 is 2.87 bits per heavy atom. The van der Waals surface area contributed by atoms with E-state index in [9.17, 15) is 9.90 Å². The maximum atomic E-state index is 11.3. The summed E-state index contributed by atoms with van der Waals surface area (Å²) in [5.41, 5.74) is 0.822. The van der Waals surface area contributed by atoms with E-state index in [-0.39, 0.29) is 17.9 Å². The lowest BCUT2D eigenvalue weighted by Crippen LogP contribution is -1.98. The van der Waals surface area contributed by atoms with Crippen LogP contribution in [0.2, 0.25) is 0 Å². The van der Waals surface area contributed by atoms with Gasteiger partial charge in [-0.15, -0.1) is 0 Å². The number of carbonyl (C=O) groups excluding carboxylic acids is 1. The molecular formula is C11H10O4. The summed E-state index contributed by atoms with van der Waals surface area (Å²) in [6, 6.07) is 6.92. The quantitative estimate of drug-likeness (QED) is 0.745. The predicted octanol–water partition coefficient (Wildman–Crippen LogP) is 1.52. The van der Waals surface area contributed by atoms with Gasteiger partial charge in [0.2, 0.25) is 0 Å². The second-order valence-corrected chi connectivity index (χ2v) is 3.13. The zero-order valence-electron chi connectivity index (χ0n) is 8.19. The fourth-order valence-corrected chi connectivity index (χ4v) is 1.46. The smallest absolute Gasteiger partial charge is 0.342 e. The Balaban J connectivity index is 2.45. The Morgan fingerprint density at radius 2 is 2.27 bits per heavy atom. The fourth-order valence-electron chi connectivity index (χ4n) is 1.46. The summed E-state index contributed by atoms with van der Waals surface area (Å²) < 4.78 is 9.73. The first-order valence-corrected chi connectivity index (χ1v) is 4.46. The molecule has 15 heavy (non-hydrogen) atoms. The van der Waals surface area contributed by atoms with Gasteiger partial charge in [-0.3, -0.25) is 0 Å². The Kier molecular flexibility index (Phi) is 2.33. The van der Waals surface area contributed by atoms with E-state index in [0.717, 1.165) is 0 Å². The summed E-state index contributed by atoms with van der Waals surface area (Å²) in [7, 11) is 1.54. The van der Waals surface area contributed by atoms with Crippen molar-refractivity contribution < 1.29 is 19.4 Å². The van der Waals surface area contributed by atoms with Gasteiger partial charge in [-0.05, 0) is 17.7 Å². The Hall–Kier alpha value is -1.97. The number of ether oxygens (including phenoxy) is 2. The molecule has 0 spiro atoms. The SMILES string of the molecule is COc1cccc(C2=C(O)COC2=O)c1. The summed E-state index contributed by atoms with van der Waals surface area (Å²) in [5.74, 6) is 0.0986. The van der Waals surface area contributed by atoms with Crippen LogP contribution in [0.25, 0.3) is 5.57 Å². The third-order valence-corrected chi connectivity index (χ3v) is 2.19. The van der Waals surface area contributed by atoms with Gasteiger partial charge in [-0.2, -0.15) is 0 Å². The van der Waals surface area contributed by atoms with Crippen LogP contribution < -0.4 is 4.74 Å². The minimum absolute atomic E-state index is 0.0340. The summed E-state index contributed by atoms with van der Waals surface area (Å²) >= 11 is 0. The molecule has 0 saturated heterocycles. The molecule has 1 aliphatic rings. The van der Waals surface area contributed by atoms with Gasteiger partial charge in [0, 0.05) is 0 Å². The van der Waals surface area contributed by atoms with E-state index in [1.54, 1.807) is 31.4 Å². The highest BCUT2D eigenvalue weighted by molar-refractivity contribution is 6.18. The predicted molar refractivity (Wildman–Crippen MR) is 53.5 cm³/mol. The van der Waals surface area contributed by atoms with Crippen molar-refractivity contribution in [3.05, 3.63) is 35.6 Å². The minimum atomic E-state index is -0.499. The molecule has 78 valence electrons. The van der Waals surface area contributed by atoms with E-state index in [4.69, 9.17) is 9.47 Å². The lowest BCUT2D eigenvalue weighted by atomic mass is 10.1. The molecule has 1 aromatic carbocycles. The molecule has 4 heteroatoms. The van der Waals surface area contributed by atoms with Crippen LogP contribution >= 0.6 is 0 Å². The maximum Gasteiger partial charge on any atom is 0.342 e. The summed E-state index contributed by atoms with van der Waals surface area (Å²) in [5, 5.41) is 9.47. The second kappa shape index (κ2) is 3.65. The molecule has 1 heterocycles. The average Bonchev–Trinajstić information content (AvgIpc) is 2.59. The van der Waals surface area contributed by atoms with Crippen LogP contribution in [0.4, 0.5) is 0 Å². The van der Waals surface area contributed by atoms with Crippen LogP contribution in [0.5, 0.6) is 5.75 Å². The van der Waals surface area contributed by atoms with E-state index in [0.29, 0.717) is 11.3 Å². The number of hydrogen-bond acceptors (Lipinski definition) is 4. The monoisotopic (exact) mass is 206 g/mol. The van der Waals surface area contributed by atoms with Crippen molar-refractivity contribution in [1.29, 1.82) is 0 Å².